The van der Waals surface area contributed by atoms with Crippen LogP contribution in [0.4, 0.5) is 0 Å². The Morgan fingerprint density at radius 1 is 1.05 bits per heavy atom. The zero-order chi connectivity index (χ0) is 13.2. The van der Waals surface area contributed by atoms with Gasteiger partial charge in [0.2, 0.25) is 0 Å². The van der Waals surface area contributed by atoms with Crippen molar-refractivity contribution in [1.29, 1.82) is 0 Å². The molecule has 0 fully saturated rings. The quantitative estimate of drug-likeness (QED) is 0.732. The van der Waals surface area contributed by atoms with Gasteiger partial charge in [0.25, 0.3) is 0 Å². The Labute approximate surface area is 116 Å². The van der Waals surface area contributed by atoms with E-state index in [1.165, 1.54) is 0 Å². The maximum atomic E-state index is 12.3. The summed E-state index contributed by atoms with van der Waals surface area (Å²) in [6.07, 6.45) is 1.79. The van der Waals surface area contributed by atoms with Crippen molar-refractivity contribution >= 4 is 23.5 Å². The maximum absolute atomic E-state index is 12.3. The van der Waals surface area contributed by atoms with E-state index in [2.05, 4.69) is 0 Å². The van der Waals surface area contributed by atoms with Crippen molar-refractivity contribution in [2.24, 2.45) is 0 Å². The number of ether oxygens (including phenoxy) is 1. The summed E-state index contributed by atoms with van der Waals surface area (Å²) in [6, 6.07) is 14.7. The minimum absolute atomic E-state index is 0.00164. The number of fused-ring (bicyclic) bond motifs is 1. The van der Waals surface area contributed by atoms with Crippen LogP contribution in [0.1, 0.15) is 15.9 Å². The summed E-state index contributed by atoms with van der Waals surface area (Å²) in [5.74, 6) is 0.644. The van der Waals surface area contributed by atoms with E-state index in [1.807, 2.05) is 30.3 Å². The van der Waals surface area contributed by atoms with Gasteiger partial charge in [-0.05, 0) is 29.8 Å². The van der Waals surface area contributed by atoms with Gasteiger partial charge < -0.3 is 4.74 Å². The predicted molar refractivity (Wildman–Crippen MR) is 75.7 cm³/mol. The highest BCUT2D eigenvalue weighted by Gasteiger charge is 2.22. The van der Waals surface area contributed by atoms with Gasteiger partial charge in [0, 0.05) is 10.6 Å². The molecule has 0 aliphatic carbocycles. The molecule has 3 rings (SSSR count). The molecule has 0 saturated heterocycles. The number of benzene rings is 2. The van der Waals surface area contributed by atoms with Crippen LogP contribution >= 0.6 is 11.6 Å². The minimum atomic E-state index is 0.00164. The fourth-order valence-electron chi connectivity index (χ4n) is 2.06. The predicted octanol–water partition coefficient (Wildman–Crippen LogP) is 4.00. The van der Waals surface area contributed by atoms with E-state index in [9.17, 15) is 4.79 Å². The Kier molecular flexibility index (Phi) is 3.10. The third kappa shape index (κ3) is 2.27. The summed E-state index contributed by atoms with van der Waals surface area (Å²) < 4.78 is 5.59. The number of para-hydroxylation sites is 1. The normalized spacial score (nSPS) is 16.1. The molecule has 0 radical (unpaired) electrons. The van der Waals surface area contributed by atoms with Crippen LogP contribution in [0.15, 0.2) is 54.1 Å². The largest absolute Gasteiger partial charge is 0.488 e. The molecular formula is C16H11ClO2. The van der Waals surface area contributed by atoms with Crippen LogP contribution in [0.3, 0.4) is 0 Å². The average molecular weight is 271 g/mol. The lowest BCUT2D eigenvalue weighted by molar-refractivity contribution is 0.100. The standard InChI is InChI=1S/C16H11ClO2/c17-14-7-3-1-5-11(14)9-12-10-19-15-8-4-2-6-13(15)16(12)18/h1-9H,10H2. The number of rotatable bonds is 1. The van der Waals surface area contributed by atoms with E-state index in [0.29, 0.717) is 21.9 Å². The van der Waals surface area contributed by atoms with Crippen LogP contribution in [-0.2, 0) is 0 Å². The molecule has 0 spiro atoms. The zero-order valence-electron chi connectivity index (χ0n) is 10.1. The van der Waals surface area contributed by atoms with Crippen molar-refractivity contribution in [2.45, 2.75) is 0 Å². The third-order valence-electron chi connectivity index (χ3n) is 3.04. The highest BCUT2D eigenvalue weighted by Crippen LogP contribution is 2.28. The molecule has 0 saturated carbocycles. The van der Waals surface area contributed by atoms with Crippen molar-refractivity contribution < 1.29 is 9.53 Å². The number of carbonyl (C=O) groups is 1. The van der Waals surface area contributed by atoms with E-state index in [4.69, 9.17) is 16.3 Å². The lowest BCUT2D eigenvalue weighted by Gasteiger charge is -2.18. The van der Waals surface area contributed by atoms with Gasteiger partial charge in [-0.25, -0.2) is 0 Å². The summed E-state index contributed by atoms with van der Waals surface area (Å²) in [5.41, 5.74) is 2.05. The summed E-state index contributed by atoms with van der Waals surface area (Å²) >= 11 is 6.09. The molecule has 94 valence electrons. The van der Waals surface area contributed by atoms with Crippen LogP contribution in [0.25, 0.3) is 6.08 Å². The first-order valence-electron chi connectivity index (χ1n) is 5.97. The van der Waals surface area contributed by atoms with E-state index in [-0.39, 0.29) is 12.4 Å². The Balaban J connectivity index is 2.01. The molecule has 2 aromatic rings. The number of Topliss-reactive ketones (excluding diaryl/α,β-unsaturated/α-hetero) is 1. The molecule has 0 unspecified atom stereocenters. The SMILES string of the molecule is O=C1C(=Cc2ccccc2Cl)COc2ccccc21. The van der Waals surface area contributed by atoms with Crippen LogP contribution in [0.2, 0.25) is 5.02 Å². The molecular weight excluding hydrogens is 260 g/mol. The fraction of sp³-hybridized carbons (Fsp3) is 0.0625. The van der Waals surface area contributed by atoms with Crippen molar-refractivity contribution in [3.63, 3.8) is 0 Å². The number of ketones is 1. The second-order valence-electron chi connectivity index (χ2n) is 4.31. The second-order valence-corrected chi connectivity index (χ2v) is 4.71. The first-order chi connectivity index (χ1) is 9.25. The van der Waals surface area contributed by atoms with Crippen molar-refractivity contribution in [3.8, 4) is 5.75 Å². The van der Waals surface area contributed by atoms with Crippen molar-refractivity contribution in [2.75, 3.05) is 6.61 Å². The van der Waals surface area contributed by atoms with E-state index in [1.54, 1.807) is 24.3 Å². The van der Waals surface area contributed by atoms with Gasteiger partial charge in [-0.3, -0.25) is 4.79 Å². The smallest absolute Gasteiger partial charge is 0.196 e. The summed E-state index contributed by atoms with van der Waals surface area (Å²) in [5, 5.41) is 0.627. The first-order valence-corrected chi connectivity index (χ1v) is 6.35. The first kappa shape index (κ1) is 12.0. The summed E-state index contributed by atoms with van der Waals surface area (Å²) in [4.78, 5) is 12.3. The molecule has 19 heavy (non-hydrogen) atoms. The molecule has 0 bridgehead atoms. The lowest BCUT2D eigenvalue weighted by Crippen LogP contribution is -2.18. The van der Waals surface area contributed by atoms with Crippen LogP contribution in [0, 0.1) is 0 Å². The second kappa shape index (κ2) is 4.90. The van der Waals surface area contributed by atoms with Crippen LogP contribution < -0.4 is 4.74 Å². The zero-order valence-corrected chi connectivity index (χ0v) is 10.9. The molecule has 0 amide bonds. The molecule has 1 aliphatic heterocycles. The molecule has 0 atom stereocenters. The Hall–Kier alpha value is -2.06. The Morgan fingerprint density at radius 2 is 1.79 bits per heavy atom. The molecule has 0 aromatic heterocycles. The third-order valence-corrected chi connectivity index (χ3v) is 3.39. The molecule has 2 aromatic carbocycles. The lowest BCUT2D eigenvalue weighted by atomic mass is 9.98. The van der Waals surface area contributed by atoms with Gasteiger partial charge in [-0.2, -0.15) is 0 Å². The number of hydrogen-bond acceptors (Lipinski definition) is 2. The Morgan fingerprint density at radius 3 is 2.63 bits per heavy atom. The van der Waals surface area contributed by atoms with Crippen LogP contribution in [-0.4, -0.2) is 12.4 Å². The number of carbonyl (C=O) groups excluding carboxylic acids is 1. The fourth-order valence-corrected chi connectivity index (χ4v) is 2.25. The maximum Gasteiger partial charge on any atom is 0.196 e. The molecule has 0 N–H and O–H groups in total. The van der Waals surface area contributed by atoms with Gasteiger partial charge in [-0.1, -0.05) is 41.9 Å². The van der Waals surface area contributed by atoms with Gasteiger partial charge in [0.05, 0.1) is 5.56 Å². The van der Waals surface area contributed by atoms with Crippen molar-refractivity contribution in [1.82, 2.24) is 0 Å². The molecule has 2 nitrogen and oxygen atoms in total. The van der Waals surface area contributed by atoms with Gasteiger partial charge >= 0.3 is 0 Å². The Bertz CT molecular complexity index is 674. The topological polar surface area (TPSA) is 26.3 Å². The van der Waals surface area contributed by atoms with E-state index in [0.717, 1.165) is 5.56 Å². The van der Waals surface area contributed by atoms with E-state index < -0.39 is 0 Å². The van der Waals surface area contributed by atoms with Crippen molar-refractivity contribution in [3.05, 3.63) is 70.3 Å². The van der Waals surface area contributed by atoms with Gasteiger partial charge in [0.15, 0.2) is 5.78 Å². The number of hydrogen-bond donors (Lipinski definition) is 0. The van der Waals surface area contributed by atoms with Crippen LogP contribution in [0.5, 0.6) is 5.75 Å². The number of halogens is 1. The van der Waals surface area contributed by atoms with E-state index >= 15 is 0 Å². The minimum Gasteiger partial charge on any atom is -0.488 e. The highest BCUT2D eigenvalue weighted by molar-refractivity contribution is 6.32. The summed E-state index contributed by atoms with van der Waals surface area (Å²) in [6.45, 7) is 0.279. The molecule has 1 aliphatic rings. The monoisotopic (exact) mass is 270 g/mol. The summed E-state index contributed by atoms with van der Waals surface area (Å²) in [7, 11) is 0. The highest BCUT2D eigenvalue weighted by atomic mass is 35.5. The average Bonchev–Trinajstić information content (AvgIpc) is 2.44. The van der Waals surface area contributed by atoms with Gasteiger partial charge in [-0.15, -0.1) is 0 Å². The molecule has 3 heteroatoms. The van der Waals surface area contributed by atoms with Gasteiger partial charge in [0.1, 0.15) is 12.4 Å². The molecule has 1 heterocycles.